The largest absolute Gasteiger partial charge is 0.369 e. The molecule has 0 spiro atoms. The van der Waals surface area contributed by atoms with E-state index in [1.165, 1.54) is 0 Å². The number of nitrogens with zero attached hydrogens (tertiary/aromatic N) is 1. The zero-order chi connectivity index (χ0) is 18.1. The summed E-state index contributed by atoms with van der Waals surface area (Å²) >= 11 is 7.90. The first-order valence-electron chi connectivity index (χ1n) is 8.53. The summed E-state index contributed by atoms with van der Waals surface area (Å²) in [6, 6.07) is 13.3. The number of anilines is 1. The van der Waals surface area contributed by atoms with Crippen molar-refractivity contribution in [3.8, 4) is 0 Å². The fraction of sp³-hybridized carbons (Fsp3) is 0.200. The highest BCUT2D eigenvalue weighted by atomic mass is 35.5. The van der Waals surface area contributed by atoms with Gasteiger partial charge in [-0.3, -0.25) is 4.79 Å². The standard InChI is InChI=1S/C20H18ClN3OS/c1-22-10-5-11-23-20-19-16(12-6-2-3-8-14(12)24-20)18(25)17-13(21)7-4-9-15(17)26-19/h2-4,6-9,22H,5,10-11H2,1H3,(H,23,24). The summed E-state index contributed by atoms with van der Waals surface area (Å²) in [5.41, 5.74) is 0.781. The smallest absolute Gasteiger partial charge is 0.198 e. The van der Waals surface area contributed by atoms with Crippen molar-refractivity contribution in [1.29, 1.82) is 0 Å². The number of benzene rings is 2. The highest BCUT2D eigenvalue weighted by molar-refractivity contribution is 7.25. The summed E-state index contributed by atoms with van der Waals surface area (Å²) in [4.78, 5) is 18.1. The van der Waals surface area contributed by atoms with Crippen molar-refractivity contribution in [2.45, 2.75) is 6.42 Å². The van der Waals surface area contributed by atoms with Gasteiger partial charge in [0.15, 0.2) is 5.43 Å². The fourth-order valence-corrected chi connectivity index (χ4v) is 4.66. The Balaban J connectivity index is 2.04. The van der Waals surface area contributed by atoms with E-state index in [0.717, 1.165) is 45.6 Å². The number of nitrogens with one attached hydrogen (secondary N) is 2. The van der Waals surface area contributed by atoms with Gasteiger partial charge in [0.2, 0.25) is 0 Å². The monoisotopic (exact) mass is 383 g/mol. The molecule has 2 heterocycles. The molecule has 0 atom stereocenters. The van der Waals surface area contributed by atoms with Crippen molar-refractivity contribution in [3.63, 3.8) is 0 Å². The average molecular weight is 384 g/mol. The van der Waals surface area contributed by atoms with Crippen LogP contribution in [0.25, 0.3) is 31.1 Å². The number of para-hydroxylation sites is 1. The van der Waals surface area contributed by atoms with E-state index in [1.54, 1.807) is 17.4 Å². The lowest BCUT2D eigenvalue weighted by molar-refractivity contribution is 0.747. The van der Waals surface area contributed by atoms with E-state index in [1.807, 2.05) is 43.4 Å². The highest BCUT2D eigenvalue weighted by Crippen LogP contribution is 2.35. The minimum atomic E-state index is -0.0313. The van der Waals surface area contributed by atoms with E-state index in [2.05, 4.69) is 10.6 Å². The SMILES string of the molecule is CNCCCNc1nc2ccccc2c2c(=O)c3c(Cl)cccc3sc12. The second-order valence-electron chi connectivity index (χ2n) is 6.11. The highest BCUT2D eigenvalue weighted by Gasteiger charge is 2.16. The van der Waals surface area contributed by atoms with Crippen LogP contribution in [-0.2, 0) is 0 Å². The van der Waals surface area contributed by atoms with Gasteiger partial charge in [-0.25, -0.2) is 4.98 Å². The molecule has 0 bridgehead atoms. The van der Waals surface area contributed by atoms with E-state index in [4.69, 9.17) is 16.6 Å². The Morgan fingerprint density at radius 1 is 1.08 bits per heavy atom. The van der Waals surface area contributed by atoms with E-state index < -0.39 is 0 Å². The van der Waals surface area contributed by atoms with Crippen LogP contribution in [-0.4, -0.2) is 25.1 Å². The Kier molecular flexibility index (Phi) is 4.76. The molecule has 0 saturated heterocycles. The number of halogens is 1. The minimum absolute atomic E-state index is 0.0313. The summed E-state index contributed by atoms with van der Waals surface area (Å²) in [7, 11) is 1.94. The normalized spacial score (nSPS) is 11.5. The lowest BCUT2D eigenvalue weighted by Gasteiger charge is -2.12. The van der Waals surface area contributed by atoms with E-state index >= 15 is 0 Å². The van der Waals surface area contributed by atoms with Crippen LogP contribution in [0.3, 0.4) is 0 Å². The Morgan fingerprint density at radius 2 is 1.92 bits per heavy atom. The zero-order valence-electron chi connectivity index (χ0n) is 14.3. The third-order valence-electron chi connectivity index (χ3n) is 4.39. The van der Waals surface area contributed by atoms with Crippen molar-refractivity contribution in [3.05, 3.63) is 57.7 Å². The summed E-state index contributed by atoms with van der Waals surface area (Å²) in [6.45, 7) is 1.71. The van der Waals surface area contributed by atoms with Crippen LogP contribution in [0.4, 0.5) is 5.82 Å². The van der Waals surface area contributed by atoms with Gasteiger partial charge in [0.25, 0.3) is 0 Å². The summed E-state index contributed by atoms with van der Waals surface area (Å²) in [5, 5.41) is 9.19. The molecule has 0 fully saturated rings. The molecular formula is C20H18ClN3OS. The molecule has 4 nitrogen and oxygen atoms in total. The summed E-state index contributed by atoms with van der Waals surface area (Å²) in [6.07, 6.45) is 0.973. The van der Waals surface area contributed by atoms with E-state index in [-0.39, 0.29) is 5.43 Å². The number of aromatic nitrogens is 1. The quantitative estimate of drug-likeness (QED) is 0.299. The molecule has 0 radical (unpaired) electrons. The lowest BCUT2D eigenvalue weighted by Crippen LogP contribution is -2.14. The van der Waals surface area contributed by atoms with Crippen LogP contribution in [0.2, 0.25) is 5.02 Å². The van der Waals surface area contributed by atoms with Crippen molar-refractivity contribution < 1.29 is 0 Å². The second kappa shape index (κ2) is 7.19. The molecule has 0 aliphatic rings. The van der Waals surface area contributed by atoms with Crippen molar-refractivity contribution in [2.24, 2.45) is 0 Å². The van der Waals surface area contributed by atoms with E-state index in [0.29, 0.717) is 15.8 Å². The predicted octanol–water partition coefficient (Wildman–Crippen LogP) is 4.64. The maximum atomic E-state index is 13.3. The van der Waals surface area contributed by atoms with Gasteiger partial charge in [-0.2, -0.15) is 0 Å². The molecule has 0 aliphatic carbocycles. The van der Waals surface area contributed by atoms with Gasteiger partial charge >= 0.3 is 0 Å². The summed E-state index contributed by atoms with van der Waals surface area (Å²) in [5.74, 6) is 0.763. The molecule has 0 unspecified atom stereocenters. The van der Waals surface area contributed by atoms with Crippen molar-refractivity contribution >= 4 is 59.8 Å². The van der Waals surface area contributed by atoms with E-state index in [9.17, 15) is 4.79 Å². The molecule has 26 heavy (non-hydrogen) atoms. The van der Waals surface area contributed by atoms with Crippen LogP contribution in [0.15, 0.2) is 47.3 Å². The predicted molar refractivity (Wildman–Crippen MR) is 113 cm³/mol. The first-order valence-corrected chi connectivity index (χ1v) is 9.72. The van der Waals surface area contributed by atoms with Crippen molar-refractivity contribution in [1.82, 2.24) is 10.3 Å². The molecule has 132 valence electrons. The third kappa shape index (κ3) is 2.92. The van der Waals surface area contributed by atoms with Gasteiger partial charge in [-0.05, 0) is 38.2 Å². The molecule has 0 amide bonds. The molecular weight excluding hydrogens is 366 g/mol. The second-order valence-corrected chi connectivity index (χ2v) is 7.57. The molecule has 0 saturated carbocycles. The van der Waals surface area contributed by atoms with Gasteiger partial charge in [-0.15, -0.1) is 11.3 Å². The first-order chi connectivity index (χ1) is 12.7. The lowest BCUT2D eigenvalue weighted by atomic mass is 10.1. The molecule has 4 rings (SSSR count). The zero-order valence-corrected chi connectivity index (χ0v) is 15.9. The number of hydrogen-bond acceptors (Lipinski definition) is 5. The maximum absolute atomic E-state index is 13.3. The Bertz CT molecular complexity index is 1170. The topological polar surface area (TPSA) is 54.0 Å². The molecule has 6 heteroatoms. The van der Waals surface area contributed by atoms with Gasteiger partial charge in [0.05, 0.1) is 26.0 Å². The van der Waals surface area contributed by atoms with Crippen LogP contribution in [0.5, 0.6) is 0 Å². The number of pyridine rings is 1. The Morgan fingerprint density at radius 3 is 2.77 bits per heavy atom. The first kappa shape index (κ1) is 17.2. The fourth-order valence-electron chi connectivity index (χ4n) is 3.16. The number of fused-ring (bicyclic) bond motifs is 4. The van der Waals surface area contributed by atoms with Gasteiger partial charge in [-0.1, -0.05) is 35.9 Å². The third-order valence-corrected chi connectivity index (χ3v) is 5.86. The Labute approximate surface area is 159 Å². The van der Waals surface area contributed by atoms with Gasteiger partial charge in [0.1, 0.15) is 5.82 Å². The van der Waals surface area contributed by atoms with Crippen molar-refractivity contribution in [2.75, 3.05) is 25.5 Å². The Hall–Kier alpha value is -2.21. The molecule has 0 aliphatic heterocycles. The number of rotatable bonds is 5. The van der Waals surface area contributed by atoms with Gasteiger partial charge < -0.3 is 10.6 Å². The average Bonchev–Trinajstić information content (AvgIpc) is 2.65. The minimum Gasteiger partial charge on any atom is -0.369 e. The van der Waals surface area contributed by atoms with Crippen LogP contribution < -0.4 is 16.1 Å². The van der Waals surface area contributed by atoms with Crippen LogP contribution >= 0.6 is 22.9 Å². The maximum Gasteiger partial charge on any atom is 0.198 e. The molecule has 4 aromatic rings. The molecule has 2 aromatic heterocycles. The molecule has 2 N–H and O–H groups in total. The van der Waals surface area contributed by atoms with Gasteiger partial charge in [0, 0.05) is 16.6 Å². The van der Waals surface area contributed by atoms with Crippen LogP contribution in [0, 0.1) is 0 Å². The molecule has 2 aromatic carbocycles. The van der Waals surface area contributed by atoms with Crippen LogP contribution in [0.1, 0.15) is 6.42 Å². The summed E-state index contributed by atoms with van der Waals surface area (Å²) < 4.78 is 1.76. The number of hydrogen-bond donors (Lipinski definition) is 2.